The summed E-state index contributed by atoms with van der Waals surface area (Å²) in [6.45, 7) is 6.28. The molecule has 1 N–H and O–H groups in total. The van der Waals surface area contributed by atoms with Crippen LogP contribution in [-0.4, -0.2) is 33.9 Å². The van der Waals surface area contributed by atoms with E-state index in [0.29, 0.717) is 5.56 Å². The lowest BCUT2D eigenvalue weighted by molar-refractivity contribution is 0.131. The standard InChI is InChI=1S/C17H27FN2O/c1-12-9-17(15(10-16(12)18)13(2)19-3)20(4)7-8-21-11-14-5-6-14/h9-10,13-14,19H,5-8,11H2,1-4H3. The fourth-order valence-electron chi connectivity index (χ4n) is 2.37. The molecule has 0 spiro atoms. The number of halogens is 1. The highest BCUT2D eigenvalue weighted by Gasteiger charge is 2.21. The van der Waals surface area contributed by atoms with Crippen molar-refractivity contribution >= 4 is 5.69 Å². The molecular formula is C17H27FN2O. The van der Waals surface area contributed by atoms with Gasteiger partial charge in [-0.05, 0) is 62.9 Å². The molecule has 0 radical (unpaired) electrons. The number of likely N-dealkylation sites (N-methyl/N-ethyl adjacent to an activating group) is 1. The predicted octanol–water partition coefficient (Wildman–Crippen LogP) is 3.28. The summed E-state index contributed by atoms with van der Waals surface area (Å²) in [4.78, 5) is 2.16. The molecule has 118 valence electrons. The Balaban J connectivity index is 2.02. The first-order valence-electron chi connectivity index (χ1n) is 7.79. The molecule has 0 aliphatic heterocycles. The molecule has 1 fully saturated rings. The summed E-state index contributed by atoms with van der Waals surface area (Å²) in [5.41, 5.74) is 2.75. The highest BCUT2D eigenvalue weighted by Crippen LogP contribution is 2.30. The number of nitrogens with zero attached hydrogens (tertiary/aromatic N) is 1. The first-order valence-corrected chi connectivity index (χ1v) is 7.79. The van der Waals surface area contributed by atoms with Crippen LogP contribution in [0.1, 0.15) is 36.9 Å². The van der Waals surface area contributed by atoms with Gasteiger partial charge in [0, 0.05) is 31.9 Å². The van der Waals surface area contributed by atoms with Crippen LogP contribution >= 0.6 is 0 Å². The summed E-state index contributed by atoms with van der Waals surface area (Å²) in [6, 6.07) is 3.69. The van der Waals surface area contributed by atoms with Crippen LogP contribution in [0.4, 0.5) is 10.1 Å². The summed E-state index contributed by atoms with van der Waals surface area (Å²) in [5, 5.41) is 3.19. The van der Waals surface area contributed by atoms with Crippen LogP contribution in [0.2, 0.25) is 0 Å². The summed E-state index contributed by atoms with van der Waals surface area (Å²) < 4.78 is 19.5. The number of hydrogen-bond acceptors (Lipinski definition) is 3. The van der Waals surface area contributed by atoms with E-state index in [0.717, 1.165) is 36.9 Å². The van der Waals surface area contributed by atoms with E-state index in [9.17, 15) is 4.39 Å². The smallest absolute Gasteiger partial charge is 0.126 e. The van der Waals surface area contributed by atoms with Gasteiger partial charge in [0.1, 0.15) is 5.82 Å². The van der Waals surface area contributed by atoms with Gasteiger partial charge in [-0.25, -0.2) is 4.39 Å². The third-order valence-corrected chi connectivity index (χ3v) is 4.24. The Hall–Kier alpha value is -1.13. The average molecular weight is 294 g/mol. The molecule has 0 saturated heterocycles. The van der Waals surface area contributed by atoms with Crippen LogP contribution in [-0.2, 0) is 4.74 Å². The molecule has 1 unspecified atom stereocenters. The zero-order valence-corrected chi connectivity index (χ0v) is 13.6. The molecule has 4 heteroatoms. The molecule has 1 aliphatic carbocycles. The molecule has 21 heavy (non-hydrogen) atoms. The van der Waals surface area contributed by atoms with Crippen molar-refractivity contribution in [2.24, 2.45) is 5.92 Å². The van der Waals surface area contributed by atoms with Gasteiger partial charge in [0.25, 0.3) is 0 Å². The Labute approximate surface area is 127 Å². The second-order valence-corrected chi connectivity index (χ2v) is 6.11. The fraction of sp³-hybridized carbons (Fsp3) is 0.647. The van der Waals surface area contributed by atoms with Gasteiger partial charge in [0.05, 0.1) is 6.61 Å². The van der Waals surface area contributed by atoms with E-state index in [2.05, 4.69) is 10.2 Å². The Bertz CT molecular complexity index is 474. The maximum atomic E-state index is 13.9. The fourth-order valence-corrected chi connectivity index (χ4v) is 2.37. The van der Waals surface area contributed by atoms with E-state index in [1.807, 2.05) is 34.0 Å². The molecule has 0 bridgehead atoms. The molecule has 1 aromatic rings. The largest absolute Gasteiger partial charge is 0.379 e. The first kappa shape index (κ1) is 16.2. The topological polar surface area (TPSA) is 24.5 Å². The van der Waals surface area contributed by atoms with Gasteiger partial charge in [-0.15, -0.1) is 0 Å². The summed E-state index contributed by atoms with van der Waals surface area (Å²) in [6.07, 6.45) is 2.63. The Morgan fingerprint density at radius 3 is 2.76 bits per heavy atom. The maximum absolute atomic E-state index is 13.9. The first-order chi connectivity index (χ1) is 10.0. The van der Waals surface area contributed by atoms with Gasteiger partial charge in [-0.2, -0.15) is 0 Å². The lowest BCUT2D eigenvalue weighted by atomic mass is 10.0. The Kier molecular flexibility index (Phi) is 5.59. The van der Waals surface area contributed by atoms with Crippen LogP contribution in [0.15, 0.2) is 12.1 Å². The van der Waals surface area contributed by atoms with Gasteiger partial charge < -0.3 is 15.0 Å². The Morgan fingerprint density at radius 2 is 2.14 bits per heavy atom. The van der Waals surface area contributed by atoms with Gasteiger partial charge in [-0.3, -0.25) is 0 Å². The molecule has 1 aromatic carbocycles. The number of rotatable bonds is 8. The van der Waals surface area contributed by atoms with E-state index in [1.165, 1.54) is 12.8 Å². The maximum Gasteiger partial charge on any atom is 0.126 e. The molecule has 0 aromatic heterocycles. The molecular weight excluding hydrogens is 267 g/mol. The molecule has 3 nitrogen and oxygen atoms in total. The van der Waals surface area contributed by atoms with Gasteiger partial charge in [-0.1, -0.05) is 0 Å². The SMILES string of the molecule is CNC(C)c1cc(F)c(C)cc1N(C)CCOCC1CC1. The minimum Gasteiger partial charge on any atom is -0.379 e. The molecule has 0 heterocycles. The zero-order chi connectivity index (χ0) is 15.4. The van der Waals surface area contributed by atoms with Crippen molar-refractivity contribution in [3.63, 3.8) is 0 Å². The lowest BCUT2D eigenvalue weighted by Crippen LogP contribution is -2.26. The van der Waals surface area contributed by atoms with Gasteiger partial charge >= 0.3 is 0 Å². The van der Waals surface area contributed by atoms with Crippen molar-refractivity contribution in [2.75, 3.05) is 38.8 Å². The van der Waals surface area contributed by atoms with E-state index in [4.69, 9.17) is 4.74 Å². The van der Waals surface area contributed by atoms with E-state index < -0.39 is 0 Å². The third kappa shape index (κ3) is 4.42. The molecule has 1 saturated carbocycles. The van der Waals surface area contributed by atoms with Crippen molar-refractivity contribution in [3.8, 4) is 0 Å². The van der Waals surface area contributed by atoms with Crippen molar-refractivity contribution in [1.82, 2.24) is 5.32 Å². The average Bonchev–Trinajstić information content (AvgIpc) is 3.29. The van der Waals surface area contributed by atoms with Crippen molar-refractivity contribution in [3.05, 3.63) is 29.1 Å². The summed E-state index contributed by atoms with van der Waals surface area (Å²) in [7, 11) is 3.93. The van der Waals surface area contributed by atoms with Gasteiger partial charge in [0.15, 0.2) is 0 Å². The van der Waals surface area contributed by atoms with Gasteiger partial charge in [0.2, 0.25) is 0 Å². The quantitative estimate of drug-likeness (QED) is 0.745. The van der Waals surface area contributed by atoms with Crippen molar-refractivity contribution in [1.29, 1.82) is 0 Å². The number of anilines is 1. The number of aryl methyl sites for hydroxylation is 1. The minimum absolute atomic E-state index is 0.116. The van der Waals surface area contributed by atoms with Crippen molar-refractivity contribution in [2.45, 2.75) is 32.7 Å². The highest BCUT2D eigenvalue weighted by atomic mass is 19.1. The number of ether oxygens (including phenoxy) is 1. The van der Waals surface area contributed by atoms with Crippen LogP contribution in [0.3, 0.4) is 0 Å². The minimum atomic E-state index is -0.144. The highest BCUT2D eigenvalue weighted by molar-refractivity contribution is 5.56. The van der Waals surface area contributed by atoms with Crippen LogP contribution in [0, 0.1) is 18.7 Å². The second-order valence-electron chi connectivity index (χ2n) is 6.11. The zero-order valence-electron chi connectivity index (χ0n) is 13.6. The number of benzene rings is 1. The lowest BCUT2D eigenvalue weighted by Gasteiger charge is -2.26. The Morgan fingerprint density at radius 1 is 1.43 bits per heavy atom. The van der Waals surface area contributed by atoms with E-state index in [1.54, 1.807) is 6.07 Å². The predicted molar refractivity (Wildman–Crippen MR) is 85.4 cm³/mol. The molecule has 1 atom stereocenters. The number of hydrogen-bond donors (Lipinski definition) is 1. The van der Waals surface area contributed by atoms with Crippen LogP contribution in [0.25, 0.3) is 0 Å². The molecule has 1 aliphatic rings. The van der Waals surface area contributed by atoms with Crippen LogP contribution in [0.5, 0.6) is 0 Å². The normalized spacial score (nSPS) is 16.0. The summed E-state index contributed by atoms with van der Waals surface area (Å²) in [5.74, 6) is 0.650. The third-order valence-electron chi connectivity index (χ3n) is 4.24. The van der Waals surface area contributed by atoms with E-state index in [-0.39, 0.29) is 11.9 Å². The van der Waals surface area contributed by atoms with Crippen LogP contribution < -0.4 is 10.2 Å². The summed E-state index contributed by atoms with van der Waals surface area (Å²) >= 11 is 0. The van der Waals surface area contributed by atoms with E-state index >= 15 is 0 Å². The second kappa shape index (κ2) is 7.23. The molecule has 0 amide bonds. The van der Waals surface area contributed by atoms with Crippen molar-refractivity contribution < 1.29 is 9.13 Å². The monoisotopic (exact) mass is 294 g/mol. The number of nitrogens with one attached hydrogen (secondary N) is 1. The molecule has 2 rings (SSSR count).